The maximum Gasteiger partial charge on any atom is 0.340 e. The summed E-state index contributed by atoms with van der Waals surface area (Å²) in [6, 6.07) is -0.157. The Hall–Kier alpha value is -1.66. The lowest BCUT2D eigenvalue weighted by molar-refractivity contribution is -0.921. The molecule has 0 unspecified atom stereocenters. The number of nitrogens with one attached hydrogen (secondary N) is 2. The van der Waals surface area contributed by atoms with Gasteiger partial charge in [-0.3, -0.25) is 4.79 Å². The molecule has 1 fully saturated rings. The molecule has 2 N–H and O–H groups in total. The molecule has 1 atom stereocenters. The number of Topliss-reactive ketones (excluding diaryl/α,β-unsaturated/α-hetero) is 1. The van der Waals surface area contributed by atoms with E-state index in [1.165, 1.54) is 4.90 Å². The van der Waals surface area contributed by atoms with Gasteiger partial charge in [0.05, 0.1) is 31.1 Å². The summed E-state index contributed by atoms with van der Waals surface area (Å²) >= 11 is 0. The third-order valence-electron chi connectivity index (χ3n) is 4.30. The lowest BCUT2D eigenvalue weighted by atomic mass is 10.0. The van der Waals surface area contributed by atoms with E-state index in [1.807, 2.05) is 6.92 Å². The summed E-state index contributed by atoms with van der Waals surface area (Å²) in [5.74, 6) is -0.341. The van der Waals surface area contributed by atoms with Gasteiger partial charge < -0.3 is 19.4 Å². The second kappa shape index (κ2) is 7.07. The van der Waals surface area contributed by atoms with Crippen molar-refractivity contribution in [3.63, 3.8) is 0 Å². The molecule has 22 heavy (non-hydrogen) atoms. The van der Waals surface area contributed by atoms with E-state index in [0.717, 1.165) is 13.1 Å². The molecule has 2 heterocycles. The number of quaternary nitrogens is 1. The Labute approximate surface area is 130 Å². The summed E-state index contributed by atoms with van der Waals surface area (Å²) in [7, 11) is 0. The monoisotopic (exact) mass is 309 g/mol. The van der Waals surface area contributed by atoms with Gasteiger partial charge in [0.25, 0.3) is 0 Å². The topological polar surface area (TPSA) is 72.8 Å². The molecule has 1 aromatic heterocycles. The third-order valence-corrected chi connectivity index (χ3v) is 4.30. The molecule has 122 valence electrons. The van der Waals surface area contributed by atoms with Crippen LogP contribution in [0.15, 0.2) is 0 Å². The van der Waals surface area contributed by atoms with Crippen LogP contribution in [0.5, 0.6) is 0 Å². The molecular formula is C16H25N2O4+. The van der Waals surface area contributed by atoms with E-state index in [9.17, 15) is 9.59 Å². The first kappa shape index (κ1) is 16.7. The molecule has 0 amide bonds. The van der Waals surface area contributed by atoms with Crippen molar-refractivity contribution >= 4 is 11.8 Å². The first-order chi connectivity index (χ1) is 10.5. The number of carbonyl (C=O) groups is 2. The Morgan fingerprint density at radius 1 is 1.32 bits per heavy atom. The largest absolute Gasteiger partial charge is 0.462 e. The predicted octanol–water partition coefficient (Wildman–Crippen LogP) is 0.295. The molecule has 0 radical (unpaired) electrons. The van der Waals surface area contributed by atoms with Crippen molar-refractivity contribution in [2.45, 2.75) is 33.7 Å². The highest BCUT2D eigenvalue weighted by atomic mass is 16.5. The fourth-order valence-electron chi connectivity index (χ4n) is 2.97. The highest BCUT2D eigenvalue weighted by Crippen LogP contribution is 2.20. The number of morpholine rings is 1. The number of hydrogen-bond donors (Lipinski definition) is 2. The van der Waals surface area contributed by atoms with Gasteiger partial charge in [0.1, 0.15) is 13.1 Å². The number of rotatable bonds is 5. The Morgan fingerprint density at radius 3 is 2.55 bits per heavy atom. The number of ketones is 1. The number of H-pyrrole nitrogens is 1. The second-order valence-electron chi connectivity index (χ2n) is 5.70. The number of ether oxygens (including phenoxy) is 2. The van der Waals surface area contributed by atoms with Gasteiger partial charge in [-0.05, 0) is 33.3 Å². The van der Waals surface area contributed by atoms with Crippen LogP contribution in [0.2, 0.25) is 0 Å². The van der Waals surface area contributed by atoms with E-state index < -0.39 is 0 Å². The van der Waals surface area contributed by atoms with Gasteiger partial charge in [0.2, 0.25) is 5.78 Å². The van der Waals surface area contributed by atoms with Crippen molar-refractivity contribution < 1.29 is 24.0 Å². The molecule has 0 saturated carbocycles. The van der Waals surface area contributed by atoms with E-state index in [0.29, 0.717) is 42.3 Å². The standard InChI is InChI=1S/C16H24N2O4/c1-5-22-16(20)13-10(2)14(17-11(13)3)15(19)12(4)18-6-8-21-9-7-18/h12,17H,5-9H2,1-4H3/p+1/t12-/m1/s1. The Morgan fingerprint density at radius 2 is 1.95 bits per heavy atom. The first-order valence-corrected chi connectivity index (χ1v) is 7.80. The summed E-state index contributed by atoms with van der Waals surface area (Å²) in [6.45, 7) is 10.6. The van der Waals surface area contributed by atoms with Crippen molar-refractivity contribution in [2.24, 2.45) is 0 Å². The van der Waals surface area contributed by atoms with E-state index in [2.05, 4.69) is 4.98 Å². The molecule has 0 aromatic carbocycles. The van der Waals surface area contributed by atoms with Gasteiger partial charge >= 0.3 is 5.97 Å². The second-order valence-corrected chi connectivity index (χ2v) is 5.70. The lowest BCUT2D eigenvalue weighted by Crippen LogP contribution is -3.18. The fourth-order valence-corrected chi connectivity index (χ4v) is 2.97. The minimum Gasteiger partial charge on any atom is -0.462 e. The SMILES string of the molecule is CCOC(=O)c1c(C)[nH]c(C(=O)[C@@H](C)[NH+]2CCOCC2)c1C. The van der Waals surface area contributed by atoms with Gasteiger partial charge in [-0.15, -0.1) is 0 Å². The van der Waals surface area contributed by atoms with Gasteiger partial charge in [0, 0.05) is 5.69 Å². The Kier molecular flexibility index (Phi) is 5.37. The molecule has 0 bridgehead atoms. The van der Waals surface area contributed by atoms with Crippen LogP contribution in [0.4, 0.5) is 0 Å². The van der Waals surface area contributed by atoms with Crippen molar-refractivity contribution in [2.75, 3.05) is 32.9 Å². The van der Waals surface area contributed by atoms with Crippen molar-refractivity contribution in [1.29, 1.82) is 0 Å². The van der Waals surface area contributed by atoms with E-state index >= 15 is 0 Å². The third kappa shape index (κ3) is 3.23. The zero-order valence-corrected chi connectivity index (χ0v) is 13.7. The first-order valence-electron chi connectivity index (χ1n) is 7.80. The van der Waals surface area contributed by atoms with Crippen LogP contribution in [-0.4, -0.2) is 55.7 Å². The molecule has 0 spiro atoms. The zero-order valence-electron chi connectivity index (χ0n) is 13.7. The average molecular weight is 309 g/mol. The Balaban J connectivity index is 2.23. The van der Waals surface area contributed by atoms with Crippen molar-refractivity contribution in [3.05, 3.63) is 22.5 Å². The molecular weight excluding hydrogens is 284 g/mol. The minimum atomic E-state index is -0.376. The molecule has 1 aliphatic heterocycles. The summed E-state index contributed by atoms with van der Waals surface area (Å²) in [6.07, 6.45) is 0. The van der Waals surface area contributed by atoms with Crippen LogP contribution < -0.4 is 4.90 Å². The maximum absolute atomic E-state index is 12.8. The molecule has 6 heteroatoms. The smallest absolute Gasteiger partial charge is 0.340 e. The fraction of sp³-hybridized carbons (Fsp3) is 0.625. The van der Waals surface area contributed by atoms with Crippen molar-refractivity contribution in [3.8, 4) is 0 Å². The summed E-state index contributed by atoms with van der Waals surface area (Å²) in [5.41, 5.74) is 2.37. The summed E-state index contributed by atoms with van der Waals surface area (Å²) in [4.78, 5) is 29.1. The predicted molar refractivity (Wildman–Crippen MR) is 81.5 cm³/mol. The van der Waals surface area contributed by atoms with Gasteiger partial charge in [-0.1, -0.05) is 0 Å². The molecule has 1 aliphatic rings. The normalized spacial score (nSPS) is 17.3. The number of aryl methyl sites for hydroxylation is 1. The van der Waals surface area contributed by atoms with Gasteiger partial charge in [-0.2, -0.15) is 0 Å². The molecule has 1 saturated heterocycles. The minimum absolute atomic E-state index is 0.0352. The van der Waals surface area contributed by atoms with E-state index in [4.69, 9.17) is 9.47 Å². The van der Waals surface area contributed by atoms with Crippen molar-refractivity contribution in [1.82, 2.24) is 4.98 Å². The lowest BCUT2D eigenvalue weighted by Gasteiger charge is -2.28. The number of hydrogen-bond acceptors (Lipinski definition) is 4. The molecule has 1 aromatic rings. The maximum atomic E-state index is 12.8. The van der Waals surface area contributed by atoms with Crippen LogP contribution in [0.25, 0.3) is 0 Å². The quantitative estimate of drug-likeness (QED) is 0.606. The molecule has 6 nitrogen and oxygen atoms in total. The van der Waals surface area contributed by atoms with Gasteiger partial charge in [0.15, 0.2) is 6.04 Å². The highest BCUT2D eigenvalue weighted by molar-refractivity contribution is 6.03. The average Bonchev–Trinajstić information content (AvgIpc) is 2.81. The van der Waals surface area contributed by atoms with Crippen LogP contribution in [0.1, 0.15) is 46.0 Å². The summed E-state index contributed by atoms with van der Waals surface area (Å²) in [5, 5.41) is 0. The number of aromatic amines is 1. The van der Waals surface area contributed by atoms with E-state index in [1.54, 1.807) is 20.8 Å². The van der Waals surface area contributed by atoms with Crippen LogP contribution in [0.3, 0.4) is 0 Å². The number of aromatic nitrogens is 1. The van der Waals surface area contributed by atoms with Gasteiger partial charge in [-0.25, -0.2) is 4.79 Å². The zero-order chi connectivity index (χ0) is 16.3. The van der Waals surface area contributed by atoms with Crippen LogP contribution in [0, 0.1) is 13.8 Å². The number of esters is 1. The van der Waals surface area contributed by atoms with Crippen LogP contribution >= 0.6 is 0 Å². The summed E-state index contributed by atoms with van der Waals surface area (Å²) < 4.78 is 10.4. The highest BCUT2D eigenvalue weighted by Gasteiger charge is 2.31. The molecule has 0 aliphatic carbocycles. The Bertz CT molecular complexity index is 559. The van der Waals surface area contributed by atoms with Crippen LogP contribution in [-0.2, 0) is 9.47 Å². The molecule has 2 rings (SSSR count). The number of carbonyl (C=O) groups excluding carboxylic acids is 2. The van der Waals surface area contributed by atoms with E-state index in [-0.39, 0.29) is 17.8 Å².